The molecular weight excluding hydrogens is 337 g/mol. The molecule has 1 aromatic carbocycles. The molecule has 0 amide bonds. The Bertz CT molecular complexity index is 780. The molecule has 25 heavy (non-hydrogen) atoms. The van der Waals surface area contributed by atoms with Crippen LogP contribution in [0, 0.1) is 0 Å². The number of nitrogens with two attached hydrogens (primary N) is 1. The van der Waals surface area contributed by atoms with Gasteiger partial charge < -0.3 is 10.6 Å². The van der Waals surface area contributed by atoms with E-state index in [4.69, 9.17) is 10.6 Å². The Kier molecular flexibility index (Phi) is 5.45. The van der Waals surface area contributed by atoms with Gasteiger partial charge in [0.1, 0.15) is 5.56 Å². The highest BCUT2D eigenvalue weighted by Gasteiger charge is 2.30. The van der Waals surface area contributed by atoms with Gasteiger partial charge in [-0.2, -0.15) is 18.3 Å². The number of benzene rings is 1. The molecule has 0 aliphatic heterocycles. The van der Waals surface area contributed by atoms with Gasteiger partial charge >= 0.3 is 12.1 Å². The summed E-state index contributed by atoms with van der Waals surface area (Å²) in [6, 6.07) is 4.06. The van der Waals surface area contributed by atoms with E-state index in [1.54, 1.807) is 7.05 Å². The van der Waals surface area contributed by atoms with Gasteiger partial charge in [-0.3, -0.25) is 4.68 Å². The quantitative estimate of drug-likeness (QED) is 0.387. The highest BCUT2D eigenvalue weighted by Crippen LogP contribution is 2.29. The number of nitrogens with zero attached hydrogens (tertiary/aromatic N) is 3. The first-order valence-corrected chi connectivity index (χ1v) is 7.47. The number of alkyl halides is 3. The number of halogens is 3. The largest absolute Gasteiger partial charge is 0.416 e. The molecule has 2 N–H and O–H groups in total. The normalized spacial score (nSPS) is 12.3. The van der Waals surface area contributed by atoms with Crippen LogP contribution in [-0.4, -0.2) is 21.6 Å². The molecule has 0 radical (unpaired) electrons. The number of aromatic nitrogens is 2. The zero-order valence-corrected chi connectivity index (χ0v) is 13.7. The van der Waals surface area contributed by atoms with Crippen LogP contribution in [0.5, 0.6) is 0 Å². The molecule has 0 aliphatic carbocycles. The first-order chi connectivity index (χ1) is 11.7. The fraction of sp³-hybridized carbons (Fsp3) is 0.312. The third-order valence-electron chi connectivity index (χ3n) is 3.35. The maximum Gasteiger partial charge on any atom is 0.416 e. The molecule has 0 atom stereocenters. The van der Waals surface area contributed by atoms with Crippen molar-refractivity contribution in [2.45, 2.75) is 25.9 Å². The number of aryl methyl sites for hydroxylation is 2. The molecule has 2 aromatic rings. The van der Waals surface area contributed by atoms with Crippen molar-refractivity contribution < 1.29 is 22.8 Å². The van der Waals surface area contributed by atoms with Crippen LogP contribution in [0.1, 0.15) is 40.5 Å². The van der Waals surface area contributed by atoms with Crippen molar-refractivity contribution >= 4 is 11.8 Å². The maximum absolute atomic E-state index is 12.5. The van der Waals surface area contributed by atoms with Gasteiger partial charge in [-0.1, -0.05) is 30.6 Å². The number of rotatable bonds is 5. The van der Waals surface area contributed by atoms with Gasteiger partial charge in [0.15, 0.2) is 5.84 Å². The lowest BCUT2D eigenvalue weighted by Gasteiger charge is -2.07. The first kappa shape index (κ1) is 18.5. The minimum Gasteiger partial charge on any atom is -0.380 e. The van der Waals surface area contributed by atoms with Crippen LogP contribution in [0.2, 0.25) is 0 Å². The van der Waals surface area contributed by atoms with Gasteiger partial charge in [0.2, 0.25) is 0 Å². The van der Waals surface area contributed by atoms with Crippen molar-refractivity contribution in [1.29, 1.82) is 0 Å². The van der Waals surface area contributed by atoms with Crippen LogP contribution in [0.4, 0.5) is 13.2 Å². The standard InChI is InChI=1S/C16H17F3N4O2/c1-3-4-13-12(9-23(2)21-13)15(24)25-22-14(20)10-5-7-11(8-6-10)16(17,18)19/h5-9H,3-4H2,1-2H3,(H2,20,22). The topological polar surface area (TPSA) is 82.5 Å². The van der Waals surface area contributed by atoms with Crippen LogP contribution in [0.25, 0.3) is 0 Å². The average molecular weight is 354 g/mol. The number of amidine groups is 1. The molecule has 1 heterocycles. The second kappa shape index (κ2) is 7.37. The van der Waals surface area contributed by atoms with Gasteiger partial charge in [-0.05, 0) is 18.6 Å². The number of carbonyl (C=O) groups excluding carboxylic acids is 1. The van der Waals surface area contributed by atoms with E-state index in [0.717, 1.165) is 30.7 Å². The maximum atomic E-state index is 12.5. The Hall–Kier alpha value is -2.84. The van der Waals surface area contributed by atoms with E-state index in [2.05, 4.69) is 10.3 Å². The minimum absolute atomic E-state index is 0.206. The number of carbonyl (C=O) groups is 1. The zero-order valence-electron chi connectivity index (χ0n) is 13.7. The van der Waals surface area contributed by atoms with Crippen LogP contribution in [0.3, 0.4) is 0 Å². The van der Waals surface area contributed by atoms with Gasteiger partial charge in [-0.25, -0.2) is 4.79 Å². The molecule has 0 unspecified atom stereocenters. The second-order valence-electron chi connectivity index (χ2n) is 5.34. The van der Waals surface area contributed by atoms with Crippen LogP contribution in [-0.2, 0) is 24.5 Å². The highest BCUT2D eigenvalue weighted by molar-refractivity contribution is 5.98. The van der Waals surface area contributed by atoms with Crippen LogP contribution >= 0.6 is 0 Å². The Balaban J connectivity index is 2.12. The van der Waals surface area contributed by atoms with Crippen LogP contribution in [0.15, 0.2) is 35.6 Å². The van der Waals surface area contributed by atoms with E-state index in [-0.39, 0.29) is 17.0 Å². The molecule has 6 nitrogen and oxygen atoms in total. The Morgan fingerprint density at radius 1 is 1.32 bits per heavy atom. The third kappa shape index (κ3) is 4.59. The van der Waals surface area contributed by atoms with Gasteiger partial charge in [0.05, 0.1) is 11.3 Å². The fourth-order valence-corrected chi connectivity index (χ4v) is 2.15. The summed E-state index contributed by atoms with van der Waals surface area (Å²) in [7, 11) is 1.68. The molecule has 1 aromatic heterocycles. The lowest BCUT2D eigenvalue weighted by Crippen LogP contribution is -2.16. The van der Waals surface area contributed by atoms with E-state index in [1.807, 2.05) is 6.92 Å². The van der Waals surface area contributed by atoms with Crippen molar-refractivity contribution in [1.82, 2.24) is 9.78 Å². The van der Waals surface area contributed by atoms with E-state index in [9.17, 15) is 18.0 Å². The SMILES string of the molecule is CCCc1nn(C)cc1C(=O)O/N=C(\N)c1ccc(C(F)(F)F)cc1. The molecule has 0 bridgehead atoms. The summed E-state index contributed by atoms with van der Waals surface area (Å²) in [5.41, 5.74) is 5.91. The molecule has 0 spiro atoms. The lowest BCUT2D eigenvalue weighted by atomic mass is 10.1. The lowest BCUT2D eigenvalue weighted by molar-refractivity contribution is -0.137. The Morgan fingerprint density at radius 2 is 1.96 bits per heavy atom. The summed E-state index contributed by atoms with van der Waals surface area (Å²) in [5, 5.41) is 7.67. The summed E-state index contributed by atoms with van der Waals surface area (Å²) in [4.78, 5) is 16.9. The summed E-state index contributed by atoms with van der Waals surface area (Å²) in [6.45, 7) is 1.95. The molecule has 9 heteroatoms. The third-order valence-corrected chi connectivity index (χ3v) is 3.35. The smallest absolute Gasteiger partial charge is 0.380 e. The van der Waals surface area contributed by atoms with Gasteiger partial charge in [0.25, 0.3) is 0 Å². The summed E-state index contributed by atoms with van der Waals surface area (Å²) >= 11 is 0. The first-order valence-electron chi connectivity index (χ1n) is 7.47. The van der Waals surface area contributed by atoms with Crippen molar-refractivity contribution in [3.63, 3.8) is 0 Å². The second-order valence-corrected chi connectivity index (χ2v) is 5.34. The highest BCUT2D eigenvalue weighted by atomic mass is 19.4. The summed E-state index contributed by atoms with van der Waals surface area (Å²) in [5.74, 6) is -0.936. The monoisotopic (exact) mass is 354 g/mol. The molecule has 0 saturated heterocycles. The molecule has 0 saturated carbocycles. The van der Waals surface area contributed by atoms with Crippen LogP contribution < -0.4 is 5.73 Å². The molecule has 2 rings (SSSR count). The van der Waals surface area contributed by atoms with Crippen molar-refractivity contribution in [2.75, 3.05) is 0 Å². The van der Waals surface area contributed by atoms with E-state index < -0.39 is 17.7 Å². The Morgan fingerprint density at radius 3 is 2.52 bits per heavy atom. The summed E-state index contributed by atoms with van der Waals surface area (Å²) in [6.07, 6.45) is -1.53. The molecular formula is C16H17F3N4O2. The average Bonchev–Trinajstić information content (AvgIpc) is 2.92. The van der Waals surface area contributed by atoms with Crippen molar-refractivity contribution in [3.05, 3.63) is 52.8 Å². The fourth-order valence-electron chi connectivity index (χ4n) is 2.15. The predicted octanol–water partition coefficient (Wildman–Crippen LogP) is 2.87. The number of oxime groups is 1. The predicted molar refractivity (Wildman–Crippen MR) is 84.8 cm³/mol. The van der Waals surface area contributed by atoms with Gasteiger partial charge in [0, 0.05) is 18.8 Å². The van der Waals surface area contributed by atoms with Crippen molar-refractivity contribution in [3.8, 4) is 0 Å². The Labute approximate surface area is 142 Å². The number of hydrogen-bond acceptors (Lipinski definition) is 4. The van der Waals surface area contributed by atoms with Crippen molar-refractivity contribution in [2.24, 2.45) is 17.9 Å². The number of hydrogen-bond donors (Lipinski definition) is 1. The zero-order chi connectivity index (χ0) is 18.6. The molecule has 134 valence electrons. The van der Waals surface area contributed by atoms with E-state index in [1.165, 1.54) is 10.9 Å². The minimum atomic E-state index is -4.44. The molecule has 0 aliphatic rings. The van der Waals surface area contributed by atoms with E-state index in [0.29, 0.717) is 12.1 Å². The van der Waals surface area contributed by atoms with Gasteiger partial charge in [-0.15, -0.1) is 0 Å². The molecule has 0 fully saturated rings. The van der Waals surface area contributed by atoms with E-state index >= 15 is 0 Å². The summed E-state index contributed by atoms with van der Waals surface area (Å²) < 4.78 is 39.1.